The number of nitrogens with zero attached hydrogens (tertiary/aromatic N) is 1. The van der Waals surface area contributed by atoms with Crippen molar-refractivity contribution in [2.24, 2.45) is 5.73 Å². The molecule has 1 rings (SSSR count). The molecule has 20 heavy (non-hydrogen) atoms. The summed E-state index contributed by atoms with van der Waals surface area (Å²) in [6, 6.07) is 5.45. The largest absolute Gasteiger partial charge is 0.384 e. The van der Waals surface area contributed by atoms with Gasteiger partial charge in [0, 0.05) is 44.4 Å². The third kappa shape index (κ3) is 5.46. The number of hydrogen-bond acceptors (Lipinski definition) is 4. The SMILES string of the molecule is COCCN(CCOC)Cc1ccc(C(=N)N)cc1Cl. The number of hydrogen-bond donors (Lipinski definition) is 2. The highest BCUT2D eigenvalue weighted by Crippen LogP contribution is 2.19. The molecule has 0 fully saturated rings. The molecule has 0 aliphatic rings. The van der Waals surface area contributed by atoms with Gasteiger partial charge in [-0.15, -0.1) is 0 Å². The first-order valence-electron chi connectivity index (χ1n) is 6.41. The summed E-state index contributed by atoms with van der Waals surface area (Å²) in [5.41, 5.74) is 7.09. The fraction of sp³-hybridized carbons (Fsp3) is 0.500. The van der Waals surface area contributed by atoms with Crippen LogP contribution in [0.3, 0.4) is 0 Å². The van der Waals surface area contributed by atoms with E-state index in [0.29, 0.717) is 30.3 Å². The topological polar surface area (TPSA) is 71.6 Å². The number of nitrogen functional groups attached to an aromatic ring is 1. The van der Waals surface area contributed by atoms with Crippen molar-refractivity contribution in [3.05, 3.63) is 34.3 Å². The molecule has 0 unspecified atom stereocenters. The van der Waals surface area contributed by atoms with Crippen molar-refractivity contribution >= 4 is 17.4 Å². The second-order valence-corrected chi connectivity index (χ2v) is 4.89. The van der Waals surface area contributed by atoms with Crippen molar-refractivity contribution < 1.29 is 9.47 Å². The van der Waals surface area contributed by atoms with Gasteiger partial charge < -0.3 is 15.2 Å². The molecule has 0 bridgehead atoms. The number of ether oxygens (including phenoxy) is 2. The summed E-state index contributed by atoms with van der Waals surface area (Å²) in [5.74, 6) is 0.0223. The van der Waals surface area contributed by atoms with E-state index in [4.69, 9.17) is 32.2 Å². The molecule has 1 aromatic carbocycles. The van der Waals surface area contributed by atoms with Crippen LogP contribution in [0.15, 0.2) is 18.2 Å². The van der Waals surface area contributed by atoms with Crippen LogP contribution in [0.25, 0.3) is 0 Å². The van der Waals surface area contributed by atoms with Gasteiger partial charge in [-0.2, -0.15) is 0 Å². The highest BCUT2D eigenvalue weighted by Gasteiger charge is 2.09. The third-order valence-electron chi connectivity index (χ3n) is 2.98. The third-order valence-corrected chi connectivity index (χ3v) is 3.33. The Morgan fingerprint density at radius 1 is 1.25 bits per heavy atom. The molecule has 0 heterocycles. The Morgan fingerprint density at radius 3 is 2.30 bits per heavy atom. The Labute approximate surface area is 125 Å². The molecule has 0 spiro atoms. The number of benzene rings is 1. The maximum atomic E-state index is 7.40. The number of nitrogens with one attached hydrogen (secondary N) is 1. The number of halogens is 1. The summed E-state index contributed by atoms with van der Waals surface area (Å²) in [4.78, 5) is 2.21. The lowest BCUT2D eigenvalue weighted by Gasteiger charge is -2.22. The lowest BCUT2D eigenvalue weighted by molar-refractivity contribution is 0.110. The molecule has 0 aromatic heterocycles. The minimum atomic E-state index is 0.0223. The summed E-state index contributed by atoms with van der Waals surface area (Å²) >= 11 is 6.24. The van der Waals surface area contributed by atoms with E-state index in [9.17, 15) is 0 Å². The Morgan fingerprint density at radius 2 is 1.85 bits per heavy atom. The van der Waals surface area contributed by atoms with Crippen LogP contribution in [0.1, 0.15) is 11.1 Å². The molecule has 112 valence electrons. The van der Waals surface area contributed by atoms with E-state index in [-0.39, 0.29) is 5.84 Å². The lowest BCUT2D eigenvalue weighted by atomic mass is 10.1. The fourth-order valence-corrected chi connectivity index (χ4v) is 2.03. The summed E-state index contributed by atoms with van der Waals surface area (Å²) in [5, 5.41) is 8.02. The Hall–Kier alpha value is -1.14. The highest BCUT2D eigenvalue weighted by molar-refractivity contribution is 6.31. The van der Waals surface area contributed by atoms with E-state index < -0.39 is 0 Å². The zero-order chi connectivity index (χ0) is 15.0. The molecule has 0 amide bonds. The van der Waals surface area contributed by atoms with Gasteiger partial charge in [0.25, 0.3) is 0 Å². The molecular formula is C14H22ClN3O2. The Bertz CT molecular complexity index is 432. The van der Waals surface area contributed by atoms with Crippen LogP contribution in [0.2, 0.25) is 5.02 Å². The van der Waals surface area contributed by atoms with Crippen LogP contribution in [-0.4, -0.2) is 51.3 Å². The van der Waals surface area contributed by atoms with Gasteiger partial charge in [0.15, 0.2) is 0 Å². The smallest absolute Gasteiger partial charge is 0.122 e. The van der Waals surface area contributed by atoms with Crippen LogP contribution in [0.4, 0.5) is 0 Å². The second kappa shape index (κ2) is 8.92. The molecule has 6 heteroatoms. The Kier molecular flexibility index (Phi) is 7.54. The summed E-state index contributed by atoms with van der Waals surface area (Å²) in [6.45, 7) is 3.65. The predicted molar refractivity (Wildman–Crippen MR) is 81.5 cm³/mol. The van der Waals surface area contributed by atoms with Crippen molar-refractivity contribution in [3.63, 3.8) is 0 Å². The van der Waals surface area contributed by atoms with E-state index in [1.165, 1.54) is 0 Å². The monoisotopic (exact) mass is 299 g/mol. The van der Waals surface area contributed by atoms with Crippen LogP contribution >= 0.6 is 11.6 Å². The van der Waals surface area contributed by atoms with E-state index in [1.54, 1.807) is 20.3 Å². The molecule has 1 aromatic rings. The van der Waals surface area contributed by atoms with Crippen molar-refractivity contribution in [2.45, 2.75) is 6.54 Å². The van der Waals surface area contributed by atoms with E-state index >= 15 is 0 Å². The fourth-order valence-electron chi connectivity index (χ4n) is 1.79. The van der Waals surface area contributed by atoms with Gasteiger partial charge in [-0.05, 0) is 11.6 Å². The van der Waals surface area contributed by atoms with Gasteiger partial charge >= 0.3 is 0 Å². The molecule has 3 N–H and O–H groups in total. The normalized spacial score (nSPS) is 11.0. The minimum absolute atomic E-state index is 0.0223. The summed E-state index contributed by atoms with van der Waals surface area (Å²) in [6.07, 6.45) is 0. The first-order chi connectivity index (χ1) is 9.58. The van der Waals surface area contributed by atoms with Crippen LogP contribution < -0.4 is 5.73 Å². The first-order valence-corrected chi connectivity index (χ1v) is 6.79. The average Bonchev–Trinajstić information content (AvgIpc) is 2.43. The molecule has 0 saturated carbocycles. The zero-order valence-corrected chi connectivity index (χ0v) is 12.7. The van der Waals surface area contributed by atoms with Gasteiger partial charge in [-0.25, -0.2) is 0 Å². The van der Waals surface area contributed by atoms with Crippen LogP contribution in [-0.2, 0) is 16.0 Å². The molecule has 0 atom stereocenters. The number of amidine groups is 1. The Balaban J connectivity index is 2.73. The average molecular weight is 300 g/mol. The number of methoxy groups -OCH3 is 2. The quantitative estimate of drug-likeness (QED) is 0.538. The van der Waals surface area contributed by atoms with E-state index in [1.807, 2.05) is 12.1 Å². The molecule has 0 aliphatic heterocycles. The van der Waals surface area contributed by atoms with Crippen LogP contribution in [0, 0.1) is 5.41 Å². The zero-order valence-electron chi connectivity index (χ0n) is 12.0. The highest BCUT2D eigenvalue weighted by atomic mass is 35.5. The lowest BCUT2D eigenvalue weighted by Crippen LogP contribution is -2.30. The van der Waals surface area contributed by atoms with Crippen molar-refractivity contribution in [1.82, 2.24) is 4.90 Å². The van der Waals surface area contributed by atoms with Gasteiger partial charge in [0.05, 0.1) is 13.2 Å². The number of rotatable bonds is 9. The molecular weight excluding hydrogens is 278 g/mol. The summed E-state index contributed by atoms with van der Waals surface area (Å²) < 4.78 is 10.2. The van der Waals surface area contributed by atoms with Gasteiger partial charge in [0.1, 0.15) is 5.84 Å². The number of nitrogens with two attached hydrogens (primary N) is 1. The molecule has 5 nitrogen and oxygen atoms in total. The van der Waals surface area contributed by atoms with Gasteiger partial charge in [0.2, 0.25) is 0 Å². The van der Waals surface area contributed by atoms with E-state index in [0.717, 1.165) is 18.7 Å². The van der Waals surface area contributed by atoms with Crippen molar-refractivity contribution in [1.29, 1.82) is 5.41 Å². The minimum Gasteiger partial charge on any atom is -0.384 e. The molecule has 0 aliphatic carbocycles. The van der Waals surface area contributed by atoms with E-state index in [2.05, 4.69) is 4.90 Å². The second-order valence-electron chi connectivity index (χ2n) is 4.48. The van der Waals surface area contributed by atoms with Crippen molar-refractivity contribution in [3.8, 4) is 0 Å². The van der Waals surface area contributed by atoms with Gasteiger partial charge in [-0.1, -0.05) is 23.7 Å². The molecule has 0 radical (unpaired) electrons. The standard InChI is InChI=1S/C14H22ClN3O2/c1-19-7-5-18(6-8-20-2)10-12-4-3-11(14(16)17)9-13(12)15/h3-4,9H,5-8,10H2,1-2H3,(H3,16,17). The van der Waals surface area contributed by atoms with Gasteiger partial charge in [-0.3, -0.25) is 10.3 Å². The van der Waals surface area contributed by atoms with Crippen molar-refractivity contribution in [2.75, 3.05) is 40.5 Å². The predicted octanol–water partition coefficient (Wildman–Crippen LogP) is 1.72. The van der Waals surface area contributed by atoms with Crippen LogP contribution in [0.5, 0.6) is 0 Å². The first kappa shape index (κ1) is 16.9. The maximum Gasteiger partial charge on any atom is 0.122 e. The molecule has 0 saturated heterocycles. The maximum absolute atomic E-state index is 7.40. The summed E-state index contributed by atoms with van der Waals surface area (Å²) in [7, 11) is 3.37.